The maximum absolute atomic E-state index is 11.9. The van der Waals surface area contributed by atoms with Gasteiger partial charge in [0, 0.05) is 11.8 Å². The maximum atomic E-state index is 11.9. The number of fused-ring (bicyclic) bond motifs is 1. The van der Waals surface area contributed by atoms with Gasteiger partial charge in [-0.05, 0) is 33.1 Å². The van der Waals surface area contributed by atoms with Crippen molar-refractivity contribution in [1.29, 1.82) is 0 Å². The van der Waals surface area contributed by atoms with Gasteiger partial charge in [0.2, 0.25) is 0 Å². The molecule has 5 atom stereocenters. The Balaban J connectivity index is 1.32. The lowest BCUT2D eigenvalue weighted by Crippen LogP contribution is -2.37. The van der Waals surface area contributed by atoms with Crippen molar-refractivity contribution in [2.75, 3.05) is 19.8 Å². The van der Waals surface area contributed by atoms with E-state index in [1.54, 1.807) is 13.8 Å². The first-order chi connectivity index (χ1) is 13.5. The maximum Gasteiger partial charge on any atom is 0.508 e. The molecule has 2 aliphatic carbocycles. The first-order valence-electron chi connectivity index (χ1n) is 9.63. The van der Waals surface area contributed by atoms with E-state index in [1.165, 1.54) is 0 Å². The molecule has 0 amide bonds. The molecule has 0 aromatic heterocycles. The first kappa shape index (κ1) is 21.8. The third kappa shape index (κ3) is 4.50. The SMILES string of the molecule is CCC(C)(C)C(=O)OCC(=O)OCCOC(=O)OC1C2CC3C1OS(=O)(=O)C3C2. The van der Waals surface area contributed by atoms with Gasteiger partial charge in [-0.3, -0.25) is 8.98 Å². The van der Waals surface area contributed by atoms with E-state index in [0.717, 1.165) is 0 Å². The molecule has 29 heavy (non-hydrogen) atoms. The largest absolute Gasteiger partial charge is 0.508 e. The van der Waals surface area contributed by atoms with Crippen LogP contribution in [0.25, 0.3) is 0 Å². The fraction of sp³-hybridized carbons (Fsp3) is 0.833. The van der Waals surface area contributed by atoms with E-state index >= 15 is 0 Å². The van der Waals surface area contributed by atoms with Gasteiger partial charge in [-0.1, -0.05) is 6.92 Å². The summed E-state index contributed by atoms with van der Waals surface area (Å²) in [7, 11) is -3.58. The standard InChI is InChI=1S/C18H26O10S/c1-4-18(2,3)16(20)26-9-13(19)24-5-6-25-17(21)27-14-10-7-11-12(8-10)29(22,23)28-15(11)14/h10-12,14-15H,4-9H2,1-3H3. The summed E-state index contributed by atoms with van der Waals surface area (Å²) in [4.78, 5) is 35.2. The summed E-state index contributed by atoms with van der Waals surface area (Å²) in [6.45, 7) is 4.27. The Bertz CT molecular complexity index is 774. The predicted octanol–water partition coefficient (Wildman–Crippen LogP) is 1.17. The van der Waals surface area contributed by atoms with Crippen LogP contribution in [0.4, 0.5) is 4.79 Å². The monoisotopic (exact) mass is 434 g/mol. The molecule has 3 fully saturated rings. The number of carbonyl (C=O) groups excluding carboxylic acids is 3. The van der Waals surface area contributed by atoms with Crippen LogP contribution < -0.4 is 0 Å². The van der Waals surface area contributed by atoms with Crippen LogP contribution in [0.1, 0.15) is 40.0 Å². The highest BCUT2D eigenvalue weighted by Crippen LogP contribution is 2.55. The Morgan fingerprint density at radius 1 is 1.07 bits per heavy atom. The molecule has 11 heteroatoms. The highest BCUT2D eigenvalue weighted by atomic mass is 32.2. The van der Waals surface area contributed by atoms with Gasteiger partial charge in [-0.15, -0.1) is 0 Å². The van der Waals surface area contributed by atoms with E-state index < -0.39 is 57.7 Å². The molecule has 0 aromatic carbocycles. The van der Waals surface area contributed by atoms with Crippen LogP contribution in [0.3, 0.4) is 0 Å². The second kappa shape index (κ2) is 8.10. The van der Waals surface area contributed by atoms with Crippen molar-refractivity contribution >= 4 is 28.2 Å². The molecule has 10 nitrogen and oxygen atoms in total. The Labute approximate surface area is 169 Å². The molecule has 1 heterocycles. The number of ether oxygens (including phenoxy) is 4. The van der Waals surface area contributed by atoms with E-state index in [9.17, 15) is 22.8 Å². The second-order valence-electron chi connectivity index (χ2n) is 8.20. The number of esters is 2. The fourth-order valence-corrected chi connectivity index (χ4v) is 5.86. The van der Waals surface area contributed by atoms with E-state index in [2.05, 4.69) is 0 Å². The molecule has 0 N–H and O–H groups in total. The minimum atomic E-state index is -3.58. The zero-order chi connectivity index (χ0) is 21.4. The van der Waals surface area contributed by atoms with Crippen LogP contribution in [0.5, 0.6) is 0 Å². The highest BCUT2D eigenvalue weighted by molar-refractivity contribution is 7.87. The summed E-state index contributed by atoms with van der Waals surface area (Å²) >= 11 is 0. The molecular weight excluding hydrogens is 408 g/mol. The minimum Gasteiger partial charge on any atom is -0.460 e. The zero-order valence-electron chi connectivity index (χ0n) is 16.6. The number of hydrogen-bond donors (Lipinski definition) is 0. The molecule has 5 unspecified atom stereocenters. The van der Waals surface area contributed by atoms with E-state index in [0.29, 0.717) is 19.3 Å². The lowest BCUT2D eigenvalue weighted by molar-refractivity contribution is -0.165. The molecule has 0 spiro atoms. The second-order valence-corrected chi connectivity index (χ2v) is 9.99. The minimum absolute atomic E-state index is 0.0558. The van der Waals surface area contributed by atoms with E-state index in [4.69, 9.17) is 23.1 Å². The van der Waals surface area contributed by atoms with Gasteiger partial charge in [-0.2, -0.15) is 8.42 Å². The van der Waals surface area contributed by atoms with Gasteiger partial charge in [0.25, 0.3) is 10.1 Å². The molecular formula is C18H26O10S. The number of hydrogen-bond acceptors (Lipinski definition) is 10. The molecule has 0 aromatic rings. The van der Waals surface area contributed by atoms with Gasteiger partial charge >= 0.3 is 18.1 Å². The summed E-state index contributed by atoms with van der Waals surface area (Å²) in [5.41, 5.74) is -0.685. The fourth-order valence-electron chi connectivity index (χ4n) is 3.98. The lowest BCUT2D eigenvalue weighted by atomic mass is 9.91. The van der Waals surface area contributed by atoms with Crippen molar-refractivity contribution < 1.29 is 45.9 Å². The third-order valence-electron chi connectivity index (χ3n) is 5.97. The van der Waals surface area contributed by atoms with E-state index in [1.807, 2.05) is 6.92 Å². The van der Waals surface area contributed by atoms with Gasteiger partial charge in [0.1, 0.15) is 25.4 Å². The van der Waals surface area contributed by atoms with Crippen LogP contribution in [0.15, 0.2) is 0 Å². The molecule has 164 valence electrons. The number of rotatable bonds is 8. The first-order valence-corrected chi connectivity index (χ1v) is 11.1. The van der Waals surface area contributed by atoms with Crippen LogP contribution in [-0.2, 0) is 42.8 Å². The van der Waals surface area contributed by atoms with Crippen molar-refractivity contribution in [2.24, 2.45) is 17.3 Å². The summed E-state index contributed by atoms with van der Waals surface area (Å²) in [5, 5.41) is -0.496. The summed E-state index contributed by atoms with van der Waals surface area (Å²) in [6, 6.07) is 0. The smallest absolute Gasteiger partial charge is 0.460 e. The van der Waals surface area contributed by atoms with Crippen LogP contribution in [-0.4, -0.2) is 63.8 Å². The Morgan fingerprint density at radius 3 is 2.45 bits per heavy atom. The normalized spacial score (nSPS) is 31.3. The van der Waals surface area contributed by atoms with Gasteiger partial charge < -0.3 is 18.9 Å². The van der Waals surface area contributed by atoms with Crippen LogP contribution >= 0.6 is 0 Å². The molecule has 2 saturated carbocycles. The average molecular weight is 434 g/mol. The van der Waals surface area contributed by atoms with Crippen molar-refractivity contribution in [2.45, 2.75) is 57.5 Å². The lowest BCUT2D eigenvalue weighted by Gasteiger charge is -2.24. The molecule has 1 saturated heterocycles. The van der Waals surface area contributed by atoms with Crippen molar-refractivity contribution in [3.05, 3.63) is 0 Å². The topological polar surface area (TPSA) is 132 Å². The highest BCUT2D eigenvalue weighted by Gasteiger charge is 2.65. The quantitative estimate of drug-likeness (QED) is 0.237. The molecule has 2 bridgehead atoms. The Hall–Kier alpha value is -1.88. The summed E-state index contributed by atoms with van der Waals surface area (Å²) in [6.07, 6.45) is -0.623. The Kier molecular flexibility index (Phi) is 6.09. The zero-order valence-corrected chi connectivity index (χ0v) is 17.4. The molecule has 0 radical (unpaired) electrons. The predicted molar refractivity (Wildman–Crippen MR) is 96.0 cm³/mol. The van der Waals surface area contributed by atoms with Gasteiger partial charge in [-0.25, -0.2) is 9.59 Å². The van der Waals surface area contributed by atoms with Gasteiger partial charge in [0.15, 0.2) is 6.61 Å². The summed E-state index contributed by atoms with van der Waals surface area (Å²) in [5.74, 6) is -1.45. The van der Waals surface area contributed by atoms with Crippen molar-refractivity contribution in [3.63, 3.8) is 0 Å². The molecule has 3 aliphatic rings. The average Bonchev–Trinajstić information content (AvgIpc) is 3.27. The van der Waals surface area contributed by atoms with Crippen LogP contribution in [0.2, 0.25) is 0 Å². The molecule has 1 aliphatic heterocycles. The van der Waals surface area contributed by atoms with Crippen molar-refractivity contribution in [3.8, 4) is 0 Å². The van der Waals surface area contributed by atoms with Gasteiger partial charge in [0.05, 0.1) is 10.7 Å². The third-order valence-corrected chi connectivity index (χ3v) is 7.74. The molecule has 3 rings (SSSR count). The summed E-state index contributed by atoms with van der Waals surface area (Å²) < 4.78 is 48.7. The number of carbonyl (C=O) groups is 3. The van der Waals surface area contributed by atoms with Crippen LogP contribution in [0, 0.1) is 17.3 Å². The Morgan fingerprint density at radius 2 is 1.76 bits per heavy atom. The van der Waals surface area contributed by atoms with E-state index in [-0.39, 0.29) is 25.0 Å². The van der Waals surface area contributed by atoms with Crippen molar-refractivity contribution in [1.82, 2.24) is 0 Å².